The third-order valence-electron chi connectivity index (χ3n) is 2.87. The molecule has 3 nitrogen and oxygen atoms in total. The van der Waals surface area contributed by atoms with Gasteiger partial charge in [0.1, 0.15) is 0 Å². The van der Waals surface area contributed by atoms with Crippen LogP contribution in [-0.2, 0) is 6.42 Å². The summed E-state index contributed by atoms with van der Waals surface area (Å²) < 4.78 is 0. The second-order valence-corrected chi connectivity index (χ2v) is 4.68. The predicted molar refractivity (Wildman–Crippen MR) is 74.2 cm³/mol. The fourth-order valence-corrected chi connectivity index (χ4v) is 2.27. The van der Waals surface area contributed by atoms with Gasteiger partial charge in [0, 0.05) is 23.3 Å². The fraction of sp³-hybridized carbons (Fsp3) is 0.214. The first-order chi connectivity index (χ1) is 8.70. The minimum atomic E-state index is -0.0343. The van der Waals surface area contributed by atoms with Crippen LogP contribution in [0.2, 0.25) is 5.02 Å². The number of aromatic nitrogens is 1. The maximum atomic E-state index is 6.25. The van der Waals surface area contributed by atoms with E-state index in [1.54, 1.807) is 6.20 Å². The van der Waals surface area contributed by atoms with E-state index in [0.717, 1.165) is 21.8 Å². The van der Waals surface area contributed by atoms with E-state index < -0.39 is 0 Å². The van der Waals surface area contributed by atoms with E-state index in [2.05, 4.69) is 10.4 Å². The van der Waals surface area contributed by atoms with Gasteiger partial charge in [0.05, 0.1) is 6.04 Å². The van der Waals surface area contributed by atoms with Crippen molar-refractivity contribution >= 4 is 11.6 Å². The number of nitrogens with zero attached hydrogens (tertiary/aromatic N) is 1. The standard InChI is InChI=1S/C14H16ClN3/c1-10-5-6-12(13(15)8-10)14(18-16)9-11-4-2-3-7-17-11/h2-8,14,18H,9,16H2,1H3. The molecule has 1 heterocycles. The zero-order valence-corrected chi connectivity index (χ0v) is 11.0. The van der Waals surface area contributed by atoms with E-state index >= 15 is 0 Å². The minimum absolute atomic E-state index is 0.0343. The molecule has 0 saturated heterocycles. The van der Waals surface area contributed by atoms with Crippen LogP contribution in [0.5, 0.6) is 0 Å². The number of hydrazine groups is 1. The summed E-state index contributed by atoms with van der Waals surface area (Å²) in [5, 5.41) is 0.730. The summed E-state index contributed by atoms with van der Waals surface area (Å²) >= 11 is 6.25. The van der Waals surface area contributed by atoms with Crippen molar-refractivity contribution in [1.82, 2.24) is 10.4 Å². The van der Waals surface area contributed by atoms with Gasteiger partial charge in [-0.1, -0.05) is 29.8 Å². The molecule has 0 amide bonds. The molecule has 1 aromatic heterocycles. The van der Waals surface area contributed by atoms with Gasteiger partial charge in [-0.2, -0.15) is 0 Å². The summed E-state index contributed by atoms with van der Waals surface area (Å²) in [5.74, 6) is 5.62. The molecular weight excluding hydrogens is 246 g/mol. The molecule has 1 aromatic carbocycles. The Kier molecular flexibility index (Phi) is 4.31. The summed E-state index contributed by atoms with van der Waals surface area (Å²) in [6.07, 6.45) is 2.49. The normalized spacial score (nSPS) is 12.4. The molecule has 0 aliphatic carbocycles. The minimum Gasteiger partial charge on any atom is -0.271 e. The van der Waals surface area contributed by atoms with Crippen molar-refractivity contribution in [2.24, 2.45) is 5.84 Å². The number of hydrogen-bond acceptors (Lipinski definition) is 3. The zero-order chi connectivity index (χ0) is 13.0. The van der Waals surface area contributed by atoms with Crippen LogP contribution in [0.25, 0.3) is 0 Å². The maximum Gasteiger partial charge on any atom is 0.0530 e. The number of aryl methyl sites for hydroxylation is 1. The van der Waals surface area contributed by atoms with Crippen LogP contribution in [0.1, 0.15) is 22.9 Å². The Labute approximate surface area is 112 Å². The lowest BCUT2D eigenvalue weighted by Gasteiger charge is -2.17. The predicted octanol–water partition coefficient (Wildman–Crippen LogP) is 2.79. The average Bonchev–Trinajstić information content (AvgIpc) is 2.38. The Bertz CT molecular complexity index is 514. The Morgan fingerprint density at radius 1 is 1.33 bits per heavy atom. The van der Waals surface area contributed by atoms with Crippen LogP contribution in [0.15, 0.2) is 42.6 Å². The number of benzene rings is 1. The summed E-state index contributed by atoms with van der Waals surface area (Å²) in [7, 11) is 0. The second kappa shape index (κ2) is 5.96. The quantitative estimate of drug-likeness (QED) is 0.657. The first kappa shape index (κ1) is 13.0. The molecule has 0 fully saturated rings. The molecule has 18 heavy (non-hydrogen) atoms. The number of nitrogens with two attached hydrogens (primary N) is 1. The van der Waals surface area contributed by atoms with Crippen molar-refractivity contribution in [3.63, 3.8) is 0 Å². The molecule has 0 aliphatic rings. The second-order valence-electron chi connectivity index (χ2n) is 4.27. The Hall–Kier alpha value is -1.42. The van der Waals surface area contributed by atoms with Crippen LogP contribution >= 0.6 is 11.6 Å². The lowest BCUT2D eigenvalue weighted by Crippen LogP contribution is -2.30. The van der Waals surface area contributed by atoms with Crippen LogP contribution in [-0.4, -0.2) is 4.98 Å². The molecule has 0 aliphatic heterocycles. The maximum absolute atomic E-state index is 6.25. The molecule has 4 heteroatoms. The Balaban J connectivity index is 2.23. The highest BCUT2D eigenvalue weighted by atomic mass is 35.5. The van der Waals surface area contributed by atoms with E-state index in [9.17, 15) is 0 Å². The van der Waals surface area contributed by atoms with Gasteiger partial charge >= 0.3 is 0 Å². The van der Waals surface area contributed by atoms with Gasteiger partial charge in [0.15, 0.2) is 0 Å². The van der Waals surface area contributed by atoms with E-state index in [4.69, 9.17) is 17.4 Å². The molecular formula is C14H16ClN3. The van der Waals surface area contributed by atoms with E-state index in [1.807, 2.05) is 43.3 Å². The van der Waals surface area contributed by atoms with Gasteiger partial charge in [-0.3, -0.25) is 16.3 Å². The topological polar surface area (TPSA) is 50.9 Å². The lowest BCUT2D eigenvalue weighted by atomic mass is 10.0. The molecule has 0 bridgehead atoms. The molecule has 1 atom stereocenters. The Morgan fingerprint density at radius 2 is 2.17 bits per heavy atom. The highest BCUT2D eigenvalue weighted by molar-refractivity contribution is 6.31. The summed E-state index contributed by atoms with van der Waals surface area (Å²) in [4.78, 5) is 4.30. The van der Waals surface area contributed by atoms with Crippen LogP contribution in [0.3, 0.4) is 0 Å². The highest BCUT2D eigenvalue weighted by Crippen LogP contribution is 2.25. The zero-order valence-electron chi connectivity index (χ0n) is 10.2. The molecule has 0 radical (unpaired) electrons. The highest BCUT2D eigenvalue weighted by Gasteiger charge is 2.14. The molecule has 94 valence electrons. The molecule has 1 unspecified atom stereocenters. The van der Waals surface area contributed by atoms with Crippen molar-refractivity contribution in [2.45, 2.75) is 19.4 Å². The number of rotatable bonds is 4. The molecule has 2 aromatic rings. The molecule has 3 N–H and O–H groups in total. The summed E-state index contributed by atoms with van der Waals surface area (Å²) in [6, 6.07) is 11.8. The Morgan fingerprint density at radius 3 is 2.78 bits per heavy atom. The van der Waals surface area contributed by atoms with E-state index in [-0.39, 0.29) is 6.04 Å². The van der Waals surface area contributed by atoms with Crippen molar-refractivity contribution in [3.8, 4) is 0 Å². The van der Waals surface area contributed by atoms with Crippen LogP contribution < -0.4 is 11.3 Å². The molecule has 0 spiro atoms. The number of hydrogen-bond donors (Lipinski definition) is 2. The SMILES string of the molecule is Cc1ccc(C(Cc2ccccn2)NN)c(Cl)c1. The van der Waals surface area contributed by atoms with Gasteiger partial charge in [0.25, 0.3) is 0 Å². The molecule has 2 rings (SSSR count). The monoisotopic (exact) mass is 261 g/mol. The van der Waals surface area contributed by atoms with Crippen LogP contribution in [0.4, 0.5) is 0 Å². The van der Waals surface area contributed by atoms with Crippen molar-refractivity contribution in [1.29, 1.82) is 0 Å². The van der Waals surface area contributed by atoms with Gasteiger partial charge in [0.2, 0.25) is 0 Å². The van der Waals surface area contributed by atoms with Gasteiger partial charge < -0.3 is 0 Å². The van der Waals surface area contributed by atoms with Crippen molar-refractivity contribution < 1.29 is 0 Å². The lowest BCUT2D eigenvalue weighted by molar-refractivity contribution is 0.546. The smallest absolute Gasteiger partial charge is 0.0530 e. The summed E-state index contributed by atoms with van der Waals surface area (Å²) in [5.41, 5.74) is 5.92. The van der Waals surface area contributed by atoms with Gasteiger partial charge in [-0.15, -0.1) is 0 Å². The fourth-order valence-electron chi connectivity index (χ4n) is 1.90. The first-order valence-electron chi connectivity index (χ1n) is 5.83. The van der Waals surface area contributed by atoms with Crippen LogP contribution in [0, 0.1) is 6.92 Å². The van der Waals surface area contributed by atoms with Crippen molar-refractivity contribution in [2.75, 3.05) is 0 Å². The van der Waals surface area contributed by atoms with E-state index in [1.165, 1.54) is 0 Å². The first-order valence-corrected chi connectivity index (χ1v) is 6.20. The number of nitrogens with one attached hydrogen (secondary N) is 1. The van der Waals surface area contributed by atoms with E-state index in [0.29, 0.717) is 6.42 Å². The third kappa shape index (κ3) is 3.07. The van der Waals surface area contributed by atoms with Gasteiger partial charge in [-0.05, 0) is 36.2 Å². The van der Waals surface area contributed by atoms with Crippen molar-refractivity contribution in [3.05, 3.63) is 64.4 Å². The average molecular weight is 262 g/mol. The largest absolute Gasteiger partial charge is 0.271 e. The number of pyridine rings is 1. The number of halogens is 1. The molecule has 0 saturated carbocycles. The summed E-state index contributed by atoms with van der Waals surface area (Å²) in [6.45, 7) is 2.01. The third-order valence-corrected chi connectivity index (χ3v) is 3.20. The van der Waals surface area contributed by atoms with Gasteiger partial charge in [-0.25, -0.2) is 0 Å².